The first-order valence-electron chi connectivity index (χ1n) is 10.8. The van der Waals surface area contributed by atoms with Crippen molar-refractivity contribution in [2.75, 3.05) is 5.32 Å². The van der Waals surface area contributed by atoms with Crippen LogP contribution < -0.4 is 5.32 Å². The largest absolute Gasteiger partial charge is 0.338 e. The summed E-state index contributed by atoms with van der Waals surface area (Å²) in [6.45, 7) is 1.81. The van der Waals surface area contributed by atoms with Gasteiger partial charge in [0.2, 0.25) is 5.91 Å². The summed E-state index contributed by atoms with van der Waals surface area (Å²) >= 11 is 1.70. The standard InChI is InChI=1S/C25H19N7OS/c1-2-22(33)28-15-10-14(12-26-13-15)18-5-6-19-23(29-18)24(32-31-19)20-11-17-16(21-4-3-9-34-21)7-8-27-25(17)30-20/h3-13H,2H2,1H3,(H,27,30)(H,28,33)(H,31,32). The fraction of sp³-hybridized carbons (Fsp3) is 0.0800. The quantitative estimate of drug-likeness (QED) is 0.305. The molecule has 0 fully saturated rings. The molecule has 0 aliphatic heterocycles. The molecule has 0 atom stereocenters. The number of hydrogen-bond donors (Lipinski definition) is 3. The minimum atomic E-state index is -0.0613. The van der Waals surface area contributed by atoms with Crippen molar-refractivity contribution in [2.45, 2.75) is 13.3 Å². The molecule has 0 aliphatic carbocycles. The molecule has 9 heteroatoms. The summed E-state index contributed by atoms with van der Waals surface area (Å²) in [6, 6.07) is 14.0. The third-order valence-electron chi connectivity index (χ3n) is 5.62. The average molecular weight is 466 g/mol. The molecule has 0 spiro atoms. The average Bonchev–Trinajstić information content (AvgIpc) is 3.62. The lowest BCUT2D eigenvalue weighted by molar-refractivity contribution is -0.115. The fourth-order valence-electron chi connectivity index (χ4n) is 3.95. The molecule has 0 saturated carbocycles. The second-order valence-corrected chi connectivity index (χ2v) is 8.76. The van der Waals surface area contributed by atoms with E-state index in [1.165, 1.54) is 4.88 Å². The highest BCUT2D eigenvalue weighted by Gasteiger charge is 2.16. The van der Waals surface area contributed by atoms with Gasteiger partial charge >= 0.3 is 0 Å². The summed E-state index contributed by atoms with van der Waals surface area (Å²) in [4.78, 5) is 30.0. The van der Waals surface area contributed by atoms with Gasteiger partial charge in [-0.25, -0.2) is 9.97 Å². The Labute approximate surface area is 198 Å². The van der Waals surface area contributed by atoms with Crippen molar-refractivity contribution in [3.63, 3.8) is 0 Å². The van der Waals surface area contributed by atoms with E-state index < -0.39 is 0 Å². The number of fused-ring (bicyclic) bond motifs is 2. The molecule has 3 N–H and O–H groups in total. The van der Waals surface area contributed by atoms with Crippen LogP contribution in [0.25, 0.3) is 55.2 Å². The topological polar surface area (TPSA) is 112 Å². The van der Waals surface area contributed by atoms with Gasteiger partial charge in [0.25, 0.3) is 0 Å². The maximum atomic E-state index is 11.8. The number of amides is 1. The van der Waals surface area contributed by atoms with Gasteiger partial charge < -0.3 is 10.3 Å². The van der Waals surface area contributed by atoms with Crippen molar-refractivity contribution in [1.82, 2.24) is 30.1 Å². The second-order valence-electron chi connectivity index (χ2n) is 7.81. The first-order chi connectivity index (χ1) is 16.7. The third kappa shape index (κ3) is 3.52. The molecule has 6 aromatic heterocycles. The first kappa shape index (κ1) is 20.3. The second kappa shape index (κ2) is 8.20. The number of nitrogens with zero attached hydrogens (tertiary/aromatic N) is 4. The van der Waals surface area contributed by atoms with Crippen LogP contribution in [0.15, 0.2) is 66.4 Å². The number of rotatable bonds is 5. The third-order valence-corrected chi connectivity index (χ3v) is 6.52. The zero-order valence-corrected chi connectivity index (χ0v) is 19.0. The normalized spacial score (nSPS) is 11.3. The minimum Gasteiger partial charge on any atom is -0.338 e. The predicted octanol–water partition coefficient (Wildman–Crippen LogP) is 5.64. The summed E-state index contributed by atoms with van der Waals surface area (Å²) in [6.07, 6.45) is 5.57. The van der Waals surface area contributed by atoms with E-state index in [0.29, 0.717) is 12.1 Å². The van der Waals surface area contributed by atoms with Crippen LogP contribution in [0, 0.1) is 0 Å². The zero-order valence-electron chi connectivity index (χ0n) is 18.2. The SMILES string of the molecule is CCC(=O)Nc1cncc(-c2ccc3[nH]nc(-c4cc5c(-c6cccs6)ccnc5[nH]4)c3n2)c1. The van der Waals surface area contributed by atoms with Crippen LogP contribution in [0.2, 0.25) is 0 Å². The van der Waals surface area contributed by atoms with Gasteiger partial charge in [0, 0.05) is 40.2 Å². The van der Waals surface area contributed by atoms with Crippen LogP contribution >= 0.6 is 11.3 Å². The Morgan fingerprint density at radius 3 is 2.94 bits per heavy atom. The van der Waals surface area contributed by atoms with Gasteiger partial charge in [-0.05, 0) is 41.8 Å². The number of nitrogens with one attached hydrogen (secondary N) is 3. The molecule has 0 bridgehead atoms. The minimum absolute atomic E-state index is 0.0613. The van der Waals surface area contributed by atoms with Crippen molar-refractivity contribution in [3.05, 3.63) is 66.4 Å². The molecule has 6 rings (SSSR count). The number of H-pyrrole nitrogens is 2. The van der Waals surface area contributed by atoms with Gasteiger partial charge in [-0.3, -0.25) is 14.9 Å². The summed E-state index contributed by atoms with van der Waals surface area (Å²) in [5.74, 6) is -0.0613. The number of pyridine rings is 3. The molecular formula is C25H19N7OS. The van der Waals surface area contributed by atoms with Crippen molar-refractivity contribution >= 4 is 45.0 Å². The van der Waals surface area contributed by atoms with E-state index >= 15 is 0 Å². The Bertz CT molecular complexity index is 1650. The molecule has 34 heavy (non-hydrogen) atoms. The van der Waals surface area contributed by atoms with E-state index in [-0.39, 0.29) is 5.91 Å². The molecular weight excluding hydrogens is 446 g/mol. The zero-order chi connectivity index (χ0) is 23.1. The molecule has 166 valence electrons. The molecule has 0 radical (unpaired) electrons. The Morgan fingerprint density at radius 2 is 2.09 bits per heavy atom. The number of carbonyl (C=O) groups excluding carboxylic acids is 1. The fourth-order valence-corrected chi connectivity index (χ4v) is 4.71. The van der Waals surface area contributed by atoms with E-state index in [9.17, 15) is 4.79 Å². The van der Waals surface area contributed by atoms with E-state index in [4.69, 9.17) is 4.98 Å². The number of thiophene rings is 1. The lowest BCUT2D eigenvalue weighted by Gasteiger charge is -2.06. The molecule has 0 aliphatic rings. The van der Waals surface area contributed by atoms with Crippen LogP contribution in [0.4, 0.5) is 5.69 Å². The van der Waals surface area contributed by atoms with E-state index in [1.807, 2.05) is 43.5 Å². The van der Waals surface area contributed by atoms with Crippen LogP contribution in [0.3, 0.4) is 0 Å². The molecule has 0 aromatic carbocycles. The van der Waals surface area contributed by atoms with Crippen molar-refractivity contribution < 1.29 is 4.79 Å². The summed E-state index contributed by atoms with van der Waals surface area (Å²) in [5.41, 5.74) is 7.24. The molecule has 6 heterocycles. The summed E-state index contributed by atoms with van der Waals surface area (Å²) < 4.78 is 0. The highest BCUT2D eigenvalue weighted by molar-refractivity contribution is 7.13. The van der Waals surface area contributed by atoms with Crippen LogP contribution in [-0.4, -0.2) is 36.0 Å². The summed E-state index contributed by atoms with van der Waals surface area (Å²) in [7, 11) is 0. The van der Waals surface area contributed by atoms with Gasteiger partial charge in [0.05, 0.1) is 28.8 Å². The number of aromatic amines is 2. The van der Waals surface area contributed by atoms with Crippen LogP contribution in [-0.2, 0) is 4.79 Å². The van der Waals surface area contributed by atoms with E-state index in [1.54, 1.807) is 23.7 Å². The van der Waals surface area contributed by atoms with Crippen molar-refractivity contribution in [3.8, 4) is 33.1 Å². The van der Waals surface area contributed by atoms with Crippen LogP contribution in [0.5, 0.6) is 0 Å². The Balaban J connectivity index is 1.43. The monoisotopic (exact) mass is 465 g/mol. The molecule has 0 unspecified atom stereocenters. The maximum Gasteiger partial charge on any atom is 0.224 e. The molecule has 1 amide bonds. The number of aromatic nitrogens is 6. The van der Waals surface area contributed by atoms with Gasteiger partial charge in [-0.15, -0.1) is 11.3 Å². The lowest BCUT2D eigenvalue weighted by atomic mass is 10.1. The van der Waals surface area contributed by atoms with Gasteiger partial charge in [0.1, 0.15) is 16.9 Å². The van der Waals surface area contributed by atoms with Gasteiger partial charge in [-0.2, -0.15) is 5.10 Å². The number of hydrogen-bond acceptors (Lipinski definition) is 6. The van der Waals surface area contributed by atoms with Gasteiger partial charge in [0.15, 0.2) is 0 Å². The smallest absolute Gasteiger partial charge is 0.224 e. The highest BCUT2D eigenvalue weighted by atomic mass is 32.1. The van der Waals surface area contributed by atoms with Crippen LogP contribution in [0.1, 0.15) is 13.3 Å². The molecule has 8 nitrogen and oxygen atoms in total. The highest BCUT2D eigenvalue weighted by Crippen LogP contribution is 2.35. The molecule has 6 aromatic rings. The Morgan fingerprint density at radius 1 is 1.15 bits per heavy atom. The number of anilines is 1. The Hall–Kier alpha value is -4.37. The van der Waals surface area contributed by atoms with Gasteiger partial charge in [-0.1, -0.05) is 13.0 Å². The predicted molar refractivity (Wildman–Crippen MR) is 134 cm³/mol. The molecule has 0 saturated heterocycles. The van der Waals surface area contributed by atoms with E-state index in [2.05, 4.69) is 48.0 Å². The number of carbonyl (C=O) groups is 1. The van der Waals surface area contributed by atoms with Crippen molar-refractivity contribution in [1.29, 1.82) is 0 Å². The maximum absolute atomic E-state index is 11.8. The first-order valence-corrected chi connectivity index (χ1v) is 11.7. The Kier molecular flexibility index (Phi) is 4.88. The summed E-state index contributed by atoms with van der Waals surface area (Å²) in [5, 5.41) is 13.6. The lowest BCUT2D eigenvalue weighted by Crippen LogP contribution is -2.09. The van der Waals surface area contributed by atoms with Crippen molar-refractivity contribution in [2.24, 2.45) is 0 Å². The van der Waals surface area contributed by atoms with E-state index in [0.717, 1.165) is 50.3 Å².